The van der Waals surface area contributed by atoms with Gasteiger partial charge in [-0.15, -0.1) is 11.6 Å². The fourth-order valence-electron chi connectivity index (χ4n) is 4.55. The Bertz CT molecular complexity index is 978. The number of halogens is 1. The van der Waals surface area contributed by atoms with Crippen molar-refractivity contribution in [1.82, 2.24) is 5.32 Å². The van der Waals surface area contributed by atoms with Gasteiger partial charge in [-0.1, -0.05) is 12.1 Å². The van der Waals surface area contributed by atoms with Gasteiger partial charge in [0.2, 0.25) is 0 Å². The zero-order valence-electron chi connectivity index (χ0n) is 17.4. The summed E-state index contributed by atoms with van der Waals surface area (Å²) in [5, 5.41) is 24.2. The molecule has 31 heavy (non-hydrogen) atoms. The molecule has 1 aliphatic heterocycles. The third kappa shape index (κ3) is 4.58. The summed E-state index contributed by atoms with van der Waals surface area (Å²) in [7, 11) is 0. The maximum Gasteiger partial charge on any atom is 0.337 e. The third-order valence-corrected chi connectivity index (χ3v) is 6.19. The van der Waals surface area contributed by atoms with Crippen LogP contribution in [0.25, 0.3) is 0 Å². The van der Waals surface area contributed by atoms with Crippen molar-refractivity contribution >= 4 is 29.2 Å². The van der Waals surface area contributed by atoms with Crippen molar-refractivity contribution in [1.29, 1.82) is 0 Å². The number of carbonyl (C=O) groups is 2. The summed E-state index contributed by atoms with van der Waals surface area (Å²) in [6, 6.07) is 5.69. The molecule has 166 valence electrons. The van der Waals surface area contributed by atoms with E-state index < -0.39 is 28.4 Å². The number of nitro groups is 1. The Morgan fingerprint density at radius 3 is 2.48 bits per heavy atom. The van der Waals surface area contributed by atoms with Crippen LogP contribution in [0.15, 0.2) is 46.8 Å². The minimum absolute atomic E-state index is 0.0455. The van der Waals surface area contributed by atoms with E-state index in [0.717, 1.165) is 12.8 Å². The molecule has 1 heterocycles. The second kappa shape index (κ2) is 9.09. The first-order valence-corrected chi connectivity index (χ1v) is 10.7. The van der Waals surface area contributed by atoms with Crippen LogP contribution in [0, 0.1) is 10.1 Å². The number of nitrogens with one attached hydrogen (secondary N) is 1. The highest BCUT2D eigenvalue weighted by Crippen LogP contribution is 2.42. The van der Waals surface area contributed by atoms with Crippen LogP contribution in [0.3, 0.4) is 0 Å². The predicted octanol–water partition coefficient (Wildman–Crippen LogP) is 4.40. The summed E-state index contributed by atoms with van der Waals surface area (Å²) in [5.74, 6) is -2.49. The molecular formula is C22H25ClN2O6. The number of nitro benzene ring substituents is 1. The number of rotatable bonds is 7. The van der Waals surface area contributed by atoms with Crippen LogP contribution in [0.2, 0.25) is 0 Å². The van der Waals surface area contributed by atoms with Crippen molar-refractivity contribution in [2.75, 3.05) is 5.88 Å². The van der Waals surface area contributed by atoms with E-state index in [4.69, 9.17) is 16.3 Å². The molecule has 3 rings (SSSR count). The van der Waals surface area contributed by atoms with Gasteiger partial charge in [-0.2, -0.15) is 0 Å². The van der Waals surface area contributed by atoms with Gasteiger partial charge in [0.1, 0.15) is 5.60 Å². The van der Waals surface area contributed by atoms with Crippen molar-refractivity contribution in [2.24, 2.45) is 0 Å². The molecule has 1 unspecified atom stereocenters. The van der Waals surface area contributed by atoms with E-state index in [9.17, 15) is 24.8 Å². The minimum atomic E-state index is -1.21. The molecule has 0 amide bonds. The molecule has 0 radical (unpaired) electrons. The highest BCUT2D eigenvalue weighted by molar-refractivity contribution is 6.17. The molecule has 2 aliphatic rings. The number of allylic oxidation sites excluding steroid dienone is 2. The number of dihydropyridines is 1. The summed E-state index contributed by atoms with van der Waals surface area (Å²) in [5.41, 5.74) is 0.422. The lowest BCUT2D eigenvalue weighted by Gasteiger charge is -2.33. The Balaban J connectivity index is 2.09. The van der Waals surface area contributed by atoms with Crippen molar-refractivity contribution in [3.8, 4) is 0 Å². The van der Waals surface area contributed by atoms with Gasteiger partial charge in [-0.05, 0) is 45.1 Å². The van der Waals surface area contributed by atoms with E-state index in [1.807, 2.05) is 0 Å². The predicted molar refractivity (Wildman–Crippen MR) is 115 cm³/mol. The van der Waals surface area contributed by atoms with Gasteiger partial charge in [-0.25, -0.2) is 9.59 Å². The molecule has 0 bridgehead atoms. The van der Waals surface area contributed by atoms with Crippen molar-refractivity contribution < 1.29 is 24.4 Å². The van der Waals surface area contributed by atoms with Crippen LogP contribution < -0.4 is 5.32 Å². The molecule has 1 aromatic carbocycles. The third-order valence-electron chi connectivity index (χ3n) is 6.00. The van der Waals surface area contributed by atoms with Crippen molar-refractivity contribution in [3.63, 3.8) is 0 Å². The zero-order chi connectivity index (χ0) is 22.8. The van der Waals surface area contributed by atoms with Gasteiger partial charge in [0.25, 0.3) is 5.69 Å². The highest BCUT2D eigenvalue weighted by Gasteiger charge is 2.42. The first-order chi connectivity index (χ1) is 14.7. The fourth-order valence-corrected chi connectivity index (χ4v) is 4.89. The van der Waals surface area contributed by atoms with Crippen LogP contribution in [0.4, 0.5) is 5.69 Å². The van der Waals surface area contributed by atoms with Gasteiger partial charge in [0.05, 0.1) is 22.0 Å². The number of esters is 1. The van der Waals surface area contributed by atoms with Crippen molar-refractivity contribution in [2.45, 2.75) is 57.5 Å². The van der Waals surface area contributed by atoms with Crippen LogP contribution in [-0.4, -0.2) is 33.4 Å². The largest absolute Gasteiger partial charge is 0.478 e. The number of aliphatic carboxylic acids is 1. The van der Waals surface area contributed by atoms with E-state index >= 15 is 0 Å². The van der Waals surface area contributed by atoms with Gasteiger partial charge >= 0.3 is 11.9 Å². The maximum atomic E-state index is 13.4. The summed E-state index contributed by atoms with van der Waals surface area (Å²) in [6.07, 6.45) is 3.77. The topological polar surface area (TPSA) is 119 Å². The smallest absolute Gasteiger partial charge is 0.337 e. The molecule has 1 fully saturated rings. The maximum absolute atomic E-state index is 13.4. The molecule has 0 aromatic heterocycles. The number of non-ortho nitro benzene ring substituents is 1. The Morgan fingerprint density at radius 1 is 1.26 bits per heavy atom. The number of hydrogen-bond acceptors (Lipinski definition) is 6. The molecule has 9 heteroatoms. The normalized spacial score (nSPS) is 20.4. The number of alkyl halides is 1. The average molecular weight is 449 g/mol. The van der Waals surface area contributed by atoms with Crippen LogP contribution in [0.1, 0.15) is 57.4 Å². The van der Waals surface area contributed by atoms with Crippen LogP contribution >= 0.6 is 11.6 Å². The molecule has 1 atom stereocenters. The SMILES string of the molecule is CC1=C(C(=O)O)C(c2cccc([N+](=O)[O-])c2)C(C(=O)OC2(CCCl)CCCC2)=C(C)N1. The number of carboxylic acids is 1. The van der Waals surface area contributed by atoms with E-state index in [2.05, 4.69) is 5.32 Å². The molecule has 8 nitrogen and oxygen atoms in total. The standard InChI is InChI=1S/C22H25ClN2O6/c1-13-17(20(26)27)19(15-6-5-7-16(12-15)25(29)30)18(14(2)24-13)21(28)31-22(10-11-23)8-3-4-9-22/h5-7,12,19,24H,3-4,8-11H2,1-2H3,(H,26,27). The molecular weight excluding hydrogens is 424 g/mol. The Kier molecular flexibility index (Phi) is 6.69. The average Bonchev–Trinajstić information content (AvgIpc) is 3.15. The second-order valence-electron chi connectivity index (χ2n) is 8.01. The van der Waals surface area contributed by atoms with E-state index in [1.165, 1.54) is 18.2 Å². The molecule has 1 saturated carbocycles. The lowest BCUT2D eigenvalue weighted by atomic mass is 9.80. The monoisotopic (exact) mass is 448 g/mol. The van der Waals surface area contributed by atoms with Gasteiger partial charge in [0, 0.05) is 35.8 Å². The van der Waals surface area contributed by atoms with Gasteiger partial charge < -0.3 is 15.2 Å². The molecule has 1 aliphatic carbocycles. The summed E-state index contributed by atoms with van der Waals surface area (Å²) in [6.45, 7) is 3.28. The fraction of sp³-hybridized carbons (Fsp3) is 0.455. The Labute approximate surface area is 185 Å². The first-order valence-electron chi connectivity index (χ1n) is 10.1. The second-order valence-corrected chi connectivity index (χ2v) is 8.39. The Morgan fingerprint density at radius 2 is 1.90 bits per heavy atom. The molecule has 2 N–H and O–H groups in total. The van der Waals surface area contributed by atoms with Gasteiger partial charge in [0.15, 0.2) is 0 Å². The summed E-state index contributed by atoms with van der Waals surface area (Å²) < 4.78 is 5.97. The molecule has 0 spiro atoms. The summed E-state index contributed by atoms with van der Waals surface area (Å²) in [4.78, 5) is 36.3. The highest BCUT2D eigenvalue weighted by atomic mass is 35.5. The van der Waals surface area contributed by atoms with Crippen LogP contribution in [-0.2, 0) is 14.3 Å². The number of ether oxygens (including phenoxy) is 1. The summed E-state index contributed by atoms with van der Waals surface area (Å²) >= 11 is 5.96. The lowest BCUT2D eigenvalue weighted by Crippen LogP contribution is -2.37. The quantitative estimate of drug-likeness (QED) is 0.274. The number of carboxylic acid groups (broad SMARTS) is 1. The van der Waals surface area contributed by atoms with E-state index in [0.29, 0.717) is 42.1 Å². The number of nitrogens with zero attached hydrogens (tertiary/aromatic N) is 1. The van der Waals surface area contributed by atoms with Crippen molar-refractivity contribution in [3.05, 3.63) is 62.5 Å². The number of benzene rings is 1. The number of carbonyl (C=O) groups excluding carboxylic acids is 1. The lowest BCUT2D eigenvalue weighted by molar-refractivity contribution is -0.384. The minimum Gasteiger partial charge on any atom is -0.478 e. The molecule has 1 aromatic rings. The number of hydrogen-bond donors (Lipinski definition) is 2. The van der Waals surface area contributed by atoms with Gasteiger partial charge in [-0.3, -0.25) is 10.1 Å². The van der Waals surface area contributed by atoms with Crippen LogP contribution in [0.5, 0.6) is 0 Å². The zero-order valence-corrected chi connectivity index (χ0v) is 18.2. The first kappa shape index (κ1) is 22.8. The van der Waals surface area contributed by atoms with E-state index in [1.54, 1.807) is 19.9 Å². The van der Waals surface area contributed by atoms with E-state index in [-0.39, 0.29) is 16.8 Å². The molecule has 0 saturated heterocycles. The Hall–Kier alpha value is -2.87.